The lowest BCUT2D eigenvalue weighted by Crippen LogP contribution is -2.34. The molecule has 1 atom stereocenters. The second-order valence-electron chi connectivity index (χ2n) is 3.29. The summed E-state index contributed by atoms with van der Waals surface area (Å²) in [6.07, 6.45) is 0. The summed E-state index contributed by atoms with van der Waals surface area (Å²) in [5.74, 6) is -0.279. The van der Waals surface area contributed by atoms with Gasteiger partial charge in [-0.15, -0.1) is 0 Å². The first kappa shape index (κ1) is 11.8. The summed E-state index contributed by atoms with van der Waals surface area (Å²) >= 11 is 5.77. The molecule has 82 valence electrons. The highest BCUT2D eigenvalue weighted by Crippen LogP contribution is 2.19. The highest BCUT2D eigenvalue weighted by molar-refractivity contribution is 6.33. The number of carbonyl (C=O) groups excluding carboxylic acids is 1. The number of aliphatic hydroxyl groups excluding tert-OH is 1. The third-order valence-electron chi connectivity index (χ3n) is 1.91. The molecule has 4 nitrogen and oxygen atoms in total. The number of amides is 1. The molecule has 4 N–H and O–H groups in total. The van der Waals surface area contributed by atoms with Gasteiger partial charge >= 0.3 is 0 Å². The second-order valence-corrected chi connectivity index (χ2v) is 3.70. The topological polar surface area (TPSA) is 75.3 Å². The van der Waals surface area contributed by atoms with Crippen LogP contribution >= 0.6 is 11.6 Å². The Bertz CT molecular complexity index is 368. The first-order valence-corrected chi connectivity index (χ1v) is 4.89. The van der Waals surface area contributed by atoms with Crippen molar-refractivity contribution in [3.05, 3.63) is 28.8 Å². The fraction of sp³-hybridized carbons (Fsp3) is 0.300. The van der Waals surface area contributed by atoms with Gasteiger partial charge in [0, 0.05) is 11.6 Å². The Labute approximate surface area is 93.0 Å². The lowest BCUT2D eigenvalue weighted by atomic mass is 10.2. The number of carbonyl (C=O) groups is 1. The van der Waals surface area contributed by atoms with Crippen LogP contribution in [0.4, 0.5) is 5.69 Å². The molecule has 0 fully saturated rings. The number of aliphatic hydroxyl groups is 1. The number of hydrogen-bond donors (Lipinski definition) is 3. The minimum Gasteiger partial charge on any atom is -0.398 e. The fourth-order valence-electron chi connectivity index (χ4n) is 1.02. The van der Waals surface area contributed by atoms with Crippen LogP contribution in [0.3, 0.4) is 0 Å². The van der Waals surface area contributed by atoms with Crippen molar-refractivity contribution in [2.75, 3.05) is 12.3 Å². The minimum absolute atomic E-state index is 0.103. The van der Waals surface area contributed by atoms with Gasteiger partial charge in [0.05, 0.1) is 17.3 Å². The zero-order valence-corrected chi connectivity index (χ0v) is 9.08. The Morgan fingerprint density at radius 3 is 2.87 bits per heavy atom. The van der Waals surface area contributed by atoms with Crippen molar-refractivity contribution in [2.45, 2.75) is 13.0 Å². The van der Waals surface area contributed by atoms with Gasteiger partial charge in [-0.2, -0.15) is 0 Å². The number of benzene rings is 1. The quantitative estimate of drug-likeness (QED) is 0.677. The van der Waals surface area contributed by atoms with Gasteiger partial charge in [0.1, 0.15) is 0 Å². The molecule has 0 aliphatic carbocycles. The fourth-order valence-corrected chi connectivity index (χ4v) is 1.20. The Kier molecular flexibility index (Phi) is 3.94. The van der Waals surface area contributed by atoms with Gasteiger partial charge in [-0.25, -0.2) is 0 Å². The number of halogens is 1. The highest BCUT2D eigenvalue weighted by Gasteiger charge is 2.09. The van der Waals surface area contributed by atoms with Crippen molar-refractivity contribution < 1.29 is 9.90 Å². The van der Waals surface area contributed by atoms with Gasteiger partial charge < -0.3 is 16.2 Å². The van der Waals surface area contributed by atoms with Crippen LogP contribution in [0.2, 0.25) is 5.02 Å². The van der Waals surface area contributed by atoms with E-state index in [1.165, 1.54) is 6.07 Å². The highest BCUT2D eigenvalue weighted by atomic mass is 35.5. The number of rotatable bonds is 3. The van der Waals surface area contributed by atoms with Crippen LogP contribution in [0.1, 0.15) is 17.3 Å². The van der Waals surface area contributed by atoms with E-state index in [-0.39, 0.29) is 18.6 Å². The summed E-state index contributed by atoms with van der Waals surface area (Å²) in [5.41, 5.74) is 6.37. The molecule has 0 aliphatic rings. The second kappa shape index (κ2) is 5.00. The summed E-state index contributed by atoms with van der Waals surface area (Å²) in [6.45, 7) is 1.60. The van der Waals surface area contributed by atoms with Gasteiger partial charge in [0.15, 0.2) is 0 Å². The Hall–Kier alpha value is -1.26. The third kappa shape index (κ3) is 3.11. The molecule has 0 aliphatic heterocycles. The normalized spacial score (nSPS) is 12.2. The van der Waals surface area contributed by atoms with Crippen molar-refractivity contribution >= 4 is 23.2 Å². The monoisotopic (exact) mass is 228 g/mol. The van der Waals surface area contributed by atoms with Crippen LogP contribution in [-0.2, 0) is 0 Å². The van der Waals surface area contributed by atoms with E-state index in [0.29, 0.717) is 16.3 Å². The molecule has 0 saturated heterocycles. The molecule has 5 heteroatoms. The number of nitrogen functional groups attached to an aromatic ring is 1. The number of nitrogens with two attached hydrogens (primary N) is 1. The molecule has 0 aromatic heterocycles. The van der Waals surface area contributed by atoms with Gasteiger partial charge in [-0.1, -0.05) is 11.6 Å². The van der Waals surface area contributed by atoms with Gasteiger partial charge in [0.25, 0.3) is 5.91 Å². The maximum absolute atomic E-state index is 11.6. The molecule has 0 heterocycles. The van der Waals surface area contributed by atoms with E-state index in [1.807, 2.05) is 0 Å². The summed E-state index contributed by atoms with van der Waals surface area (Å²) in [5, 5.41) is 11.7. The Balaban J connectivity index is 2.78. The first-order chi connectivity index (χ1) is 7.04. The van der Waals surface area contributed by atoms with E-state index in [9.17, 15) is 4.79 Å². The van der Waals surface area contributed by atoms with Crippen LogP contribution < -0.4 is 11.1 Å². The van der Waals surface area contributed by atoms with Crippen LogP contribution in [0, 0.1) is 0 Å². The van der Waals surface area contributed by atoms with Crippen molar-refractivity contribution in [3.8, 4) is 0 Å². The van der Waals surface area contributed by atoms with Gasteiger partial charge in [-0.05, 0) is 25.1 Å². The van der Waals surface area contributed by atoms with E-state index >= 15 is 0 Å². The van der Waals surface area contributed by atoms with Crippen LogP contribution in [0.5, 0.6) is 0 Å². The maximum Gasteiger partial charge on any atom is 0.251 e. The predicted octanol–water partition coefficient (Wildman–Crippen LogP) is 1.03. The molecule has 1 aromatic rings. The zero-order chi connectivity index (χ0) is 11.4. The van der Waals surface area contributed by atoms with Crippen molar-refractivity contribution in [2.24, 2.45) is 0 Å². The van der Waals surface area contributed by atoms with E-state index in [0.717, 1.165) is 0 Å². The predicted molar refractivity (Wildman–Crippen MR) is 59.9 cm³/mol. The summed E-state index contributed by atoms with van der Waals surface area (Å²) in [4.78, 5) is 11.6. The maximum atomic E-state index is 11.6. The summed E-state index contributed by atoms with van der Waals surface area (Å²) in [6, 6.07) is 4.37. The molecule has 1 rings (SSSR count). The van der Waals surface area contributed by atoms with Gasteiger partial charge in [-0.3, -0.25) is 4.79 Å². The first-order valence-electron chi connectivity index (χ1n) is 4.51. The molecular weight excluding hydrogens is 216 g/mol. The standard InChI is InChI=1S/C10H13ClN2O2/c1-6(5-14)13-10(15)7-2-3-9(12)8(11)4-7/h2-4,6,14H,5,12H2,1H3,(H,13,15)/t6-/m1/s1. The number of hydrogen-bond acceptors (Lipinski definition) is 3. The van der Waals surface area contributed by atoms with Crippen molar-refractivity contribution in [1.29, 1.82) is 0 Å². The van der Waals surface area contributed by atoms with Crippen LogP contribution in [-0.4, -0.2) is 23.7 Å². The molecule has 0 unspecified atom stereocenters. The third-order valence-corrected chi connectivity index (χ3v) is 2.24. The van der Waals surface area contributed by atoms with Crippen LogP contribution in [0.15, 0.2) is 18.2 Å². The Morgan fingerprint density at radius 2 is 2.33 bits per heavy atom. The van der Waals surface area contributed by atoms with E-state index in [4.69, 9.17) is 22.4 Å². The molecule has 0 saturated carbocycles. The number of anilines is 1. The van der Waals surface area contributed by atoms with Crippen LogP contribution in [0.25, 0.3) is 0 Å². The molecule has 0 spiro atoms. The number of nitrogens with one attached hydrogen (secondary N) is 1. The largest absolute Gasteiger partial charge is 0.398 e. The molecule has 1 aromatic carbocycles. The lowest BCUT2D eigenvalue weighted by Gasteiger charge is -2.11. The average Bonchev–Trinajstić information content (AvgIpc) is 2.21. The SMILES string of the molecule is C[C@H](CO)NC(=O)c1ccc(N)c(Cl)c1. The van der Waals surface area contributed by atoms with Crippen molar-refractivity contribution in [3.63, 3.8) is 0 Å². The molecular formula is C10H13ClN2O2. The zero-order valence-electron chi connectivity index (χ0n) is 8.33. The van der Waals surface area contributed by atoms with Gasteiger partial charge in [0.2, 0.25) is 0 Å². The average molecular weight is 229 g/mol. The Morgan fingerprint density at radius 1 is 1.67 bits per heavy atom. The summed E-state index contributed by atoms with van der Waals surface area (Å²) < 4.78 is 0. The summed E-state index contributed by atoms with van der Waals surface area (Å²) in [7, 11) is 0. The van der Waals surface area contributed by atoms with Crippen molar-refractivity contribution in [1.82, 2.24) is 5.32 Å². The molecule has 0 bridgehead atoms. The molecule has 15 heavy (non-hydrogen) atoms. The minimum atomic E-state index is -0.283. The molecule has 1 amide bonds. The van der Waals surface area contributed by atoms with E-state index in [1.54, 1.807) is 19.1 Å². The van der Waals surface area contributed by atoms with E-state index < -0.39 is 0 Å². The molecule has 0 radical (unpaired) electrons. The lowest BCUT2D eigenvalue weighted by molar-refractivity contribution is 0.0922. The smallest absolute Gasteiger partial charge is 0.251 e. The van der Waals surface area contributed by atoms with E-state index in [2.05, 4.69) is 5.32 Å².